The molecule has 0 unspecified atom stereocenters. The van der Waals surface area contributed by atoms with E-state index in [0.29, 0.717) is 32.3 Å². The Bertz CT molecular complexity index is 693. The van der Waals surface area contributed by atoms with Gasteiger partial charge in [-0.25, -0.2) is 15.4 Å². The number of aromatic nitrogens is 2. The Balaban J connectivity index is 2.27. The molecule has 2 rings (SSSR count). The van der Waals surface area contributed by atoms with E-state index in [1.807, 2.05) is 19.9 Å². The summed E-state index contributed by atoms with van der Waals surface area (Å²) >= 11 is 18.1. The highest BCUT2D eigenvalue weighted by atomic mass is 35.5. The van der Waals surface area contributed by atoms with Crippen molar-refractivity contribution >= 4 is 46.5 Å². The van der Waals surface area contributed by atoms with Crippen LogP contribution in [0.15, 0.2) is 23.3 Å². The standard InChI is InChI=1S/C14H13Cl3N4/c1-7-6-8(2)19-14(18-7)21-20-9(3)10-4-5-11(15)13(17)12(10)16/h4-6H,1-3H3,(H,18,19,21)/b20-9-. The van der Waals surface area contributed by atoms with Crippen LogP contribution >= 0.6 is 34.8 Å². The molecule has 1 aromatic heterocycles. The molecule has 0 saturated carbocycles. The monoisotopic (exact) mass is 342 g/mol. The van der Waals surface area contributed by atoms with Gasteiger partial charge in [0.2, 0.25) is 5.95 Å². The Hall–Kier alpha value is -1.36. The number of nitrogens with zero attached hydrogens (tertiary/aromatic N) is 3. The molecule has 1 heterocycles. The Labute approximate surface area is 138 Å². The minimum absolute atomic E-state index is 0.313. The molecule has 1 aromatic carbocycles. The van der Waals surface area contributed by atoms with Crippen LogP contribution in [0.2, 0.25) is 15.1 Å². The van der Waals surface area contributed by atoms with Crippen molar-refractivity contribution in [3.05, 3.63) is 50.2 Å². The predicted octanol–water partition coefficient (Wildman–Crippen LogP) is 4.89. The summed E-state index contributed by atoms with van der Waals surface area (Å²) in [7, 11) is 0. The first-order chi connectivity index (χ1) is 9.88. The number of anilines is 1. The summed E-state index contributed by atoms with van der Waals surface area (Å²) in [6, 6.07) is 5.33. The molecule has 0 atom stereocenters. The maximum atomic E-state index is 6.17. The van der Waals surface area contributed by atoms with E-state index in [4.69, 9.17) is 34.8 Å². The predicted molar refractivity (Wildman–Crippen MR) is 88.8 cm³/mol. The number of hydrazone groups is 1. The van der Waals surface area contributed by atoms with Crippen LogP contribution in [0.4, 0.5) is 5.95 Å². The number of hydrogen-bond acceptors (Lipinski definition) is 4. The normalized spacial score (nSPS) is 11.6. The summed E-state index contributed by atoms with van der Waals surface area (Å²) < 4.78 is 0. The second-order valence-electron chi connectivity index (χ2n) is 4.51. The average molecular weight is 344 g/mol. The lowest BCUT2D eigenvalue weighted by Gasteiger charge is -2.07. The van der Waals surface area contributed by atoms with Gasteiger partial charge in [-0.15, -0.1) is 0 Å². The van der Waals surface area contributed by atoms with Crippen LogP contribution in [0.1, 0.15) is 23.9 Å². The maximum absolute atomic E-state index is 6.17. The molecule has 21 heavy (non-hydrogen) atoms. The van der Waals surface area contributed by atoms with Gasteiger partial charge in [0.05, 0.1) is 20.8 Å². The molecule has 0 bridgehead atoms. The Morgan fingerprint density at radius 1 is 1.05 bits per heavy atom. The first kappa shape index (κ1) is 16.0. The van der Waals surface area contributed by atoms with Gasteiger partial charge in [0, 0.05) is 17.0 Å². The van der Waals surface area contributed by atoms with E-state index in [2.05, 4.69) is 20.5 Å². The van der Waals surface area contributed by atoms with Gasteiger partial charge in [-0.2, -0.15) is 5.10 Å². The summed E-state index contributed by atoms with van der Waals surface area (Å²) in [5.41, 5.74) is 5.90. The third-order valence-electron chi connectivity index (χ3n) is 2.73. The van der Waals surface area contributed by atoms with Gasteiger partial charge in [-0.3, -0.25) is 0 Å². The fourth-order valence-electron chi connectivity index (χ4n) is 1.78. The Kier molecular flexibility index (Phi) is 5.04. The van der Waals surface area contributed by atoms with Gasteiger partial charge in [-0.05, 0) is 32.9 Å². The highest BCUT2D eigenvalue weighted by Gasteiger charge is 2.11. The van der Waals surface area contributed by atoms with Crippen molar-refractivity contribution in [3.8, 4) is 0 Å². The van der Waals surface area contributed by atoms with E-state index >= 15 is 0 Å². The smallest absolute Gasteiger partial charge is 0.243 e. The summed E-state index contributed by atoms with van der Waals surface area (Å²) in [6.45, 7) is 5.60. The molecule has 1 N–H and O–H groups in total. The molecular formula is C14H13Cl3N4. The summed E-state index contributed by atoms with van der Waals surface area (Å²) in [5, 5.41) is 5.32. The molecule has 4 nitrogen and oxygen atoms in total. The molecule has 0 amide bonds. The van der Waals surface area contributed by atoms with Crippen LogP contribution in [0.25, 0.3) is 0 Å². The molecule has 7 heteroatoms. The number of benzene rings is 1. The van der Waals surface area contributed by atoms with E-state index < -0.39 is 0 Å². The van der Waals surface area contributed by atoms with Crippen LogP contribution in [-0.2, 0) is 0 Å². The van der Waals surface area contributed by atoms with Gasteiger partial charge in [0.1, 0.15) is 0 Å². The number of halogens is 3. The zero-order valence-corrected chi connectivity index (χ0v) is 14.0. The SMILES string of the molecule is C/C(=N/Nc1nc(C)cc(C)n1)c1ccc(Cl)c(Cl)c1Cl. The van der Waals surface area contributed by atoms with Crippen molar-refractivity contribution < 1.29 is 0 Å². The van der Waals surface area contributed by atoms with Crippen LogP contribution in [-0.4, -0.2) is 15.7 Å². The minimum atomic E-state index is 0.313. The molecule has 0 aliphatic carbocycles. The molecule has 0 spiro atoms. The van der Waals surface area contributed by atoms with Crippen molar-refractivity contribution in [1.29, 1.82) is 0 Å². The van der Waals surface area contributed by atoms with E-state index in [1.54, 1.807) is 19.1 Å². The number of nitrogens with one attached hydrogen (secondary N) is 1. The number of rotatable bonds is 3. The van der Waals surface area contributed by atoms with Crippen LogP contribution < -0.4 is 5.43 Å². The first-order valence-electron chi connectivity index (χ1n) is 6.15. The zero-order chi connectivity index (χ0) is 15.6. The van der Waals surface area contributed by atoms with Crippen LogP contribution in [0.5, 0.6) is 0 Å². The fourth-order valence-corrected chi connectivity index (χ4v) is 2.45. The molecule has 0 radical (unpaired) electrons. The van der Waals surface area contributed by atoms with E-state index in [9.17, 15) is 0 Å². The second-order valence-corrected chi connectivity index (χ2v) is 5.67. The van der Waals surface area contributed by atoms with Gasteiger partial charge in [0.15, 0.2) is 0 Å². The largest absolute Gasteiger partial charge is 0.245 e. The lowest BCUT2D eigenvalue weighted by molar-refractivity contribution is 1.03. The lowest BCUT2D eigenvalue weighted by atomic mass is 10.1. The first-order valence-corrected chi connectivity index (χ1v) is 7.28. The molecule has 0 saturated heterocycles. The average Bonchev–Trinajstić information content (AvgIpc) is 2.41. The quantitative estimate of drug-likeness (QED) is 0.490. The molecule has 110 valence electrons. The highest BCUT2D eigenvalue weighted by molar-refractivity contribution is 6.49. The zero-order valence-electron chi connectivity index (χ0n) is 11.7. The Morgan fingerprint density at radius 3 is 2.29 bits per heavy atom. The third-order valence-corrected chi connectivity index (χ3v) is 4.02. The highest BCUT2D eigenvalue weighted by Crippen LogP contribution is 2.32. The van der Waals surface area contributed by atoms with Gasteiger partial charge in [-0.1, -0.05) is 40.9 Å². The summed E-state index contributed by atoms with van der Waals surface area (Å²) in [5.74, 6) is 0.433. The summed E-state index contributed by atoms with van der Waals surface area (Å²) in [4.78, 5) is 8.49. The van der Waals surface area contributed by atoms with E-state index in [1.165, 1.54) is 0 Å². The summed E-state index contributed by atoms with van der Waals surface area (Å²) in [6.07, 6.45) is 0. The minimum Gasteiger partial charge on any atom is -0.245 e. The van der Waals surface area contributed by atoms with Crippen molar-refractivity contribution in [1.82, 2.24) is 9.97 Å². The molecule has 0 fully saturated rings. The number of aryl methyl sites for hydroxylation is 2. The third kappa shape index (κ3) is 3.84. The van der Waals surface area contributed by atoms with Crippen molar-refractivity contribution in [2.45, 2.75) is 20.8 Å². The van der Waals surface area contributed by atoms with Crippen LogP contribution in [0.3, 0.4) is 0 Å². The van der Waals surface area contributed by atoms with E-state index in [0.717, 1.165) is 11.4 Å². The van der Waals surface area contributed by atoms with Gasteiger partial charge >= 0.3 is 0 Å². The van der Waals surface area contributed by atoms with Crippen LogP contribution in [0, 0.1) is 13.8 Å². The van der Waals surface area contributed by atoms with Gasteiger partial charge < -0.3 is 0 Å². The van der Waals surface area contributed by atoms with Gasteiger partial charge in [0.25, 0.3) is 0 Å². The molecule has 0 aliphatic rings. The molecule has 2 aromatic rings. The molecule has 0 aliphatic heterocycles. The fraction of sp³-hybridized carbons (Fsp3) is 0.214. The second kappa shape index (κ2) is 6.60. The Morgan fingerprint density at radius 2 is 1.67 bits per heavy atom. The van der Waals surface area contributed by atoms with Crippen molar-refractivity contribution in [2.75, 3.05) is 5.43 Å². The topological polar surface area (TPSA) is 50.2 Å². The van der Waals surface area contributed by atoms with Crippen molar-refractivity contribution in [3.63, 3.8) is 0 Å². The van der Waals surface area contributed by atoms with Crippen molar-refractivity contribution in [2.24, 2.45) is 5.10 Å². The van der Waals surface area contributed by atoms with E-state index in [-0.39, 0.29) is 0 Å². The maximum Gasteiger partial charge on any atom is 0.243 e. The number of hydrogen-bond donors (Lipinski definition) is 1. The molecular weight excluding hydrogens is 331 g/mol. The lowest BCUT2D eigenvalue weighted by Crippen LogP contribution is -2.04.